The van der Waals surface area contributed by atoms with Crippen LogP contribution in [0.4, 0.5) is 0 Å². The zero-order valence-corrected chi connectivity index (χ0v) is 8.90. The van der Waals surface area contributed by atoms with Crippen LogP contribution < -0.4 is 4.80 Å². The minimum atomic E-state index is 0.246. The van der Waals surface area contributed by atoms with Crippen LogP contribution in [-0.2, 0) is 13.5 Å². The Hall–Kier alpha value is -0.505. The number of fused-ring (bicyclic) bond motifs is 1. The molecule has 2 radical (unpaired) electrons. The molecule has 13 heavy (non-hydrogen) atoms. The van der Waals surface area contributed by atoms with E-state index >= 15 is 0 Å². The van der Waals surface area contributed by atoms with Gasteiger partial charge in [-0.05, 0) is 18.7 Å². The molecular formula is C9H13BN2S. The number of rotatable bonds is 0. The molecule has 0 bridgehead atoms. The highest BCUT2D eigenvalue weighted by molar-refractivity contribution is 7.09. The van der Waals surface area contributed by atoms with Gasteiger partial charge in [0.15, 0.2) is 4.80 Å². The van der Waals surface area contributed by atoms with Crippen LogP contribution in [0.15, 0.2) is 4.99 Å². The van der Waals surface area contributed by atoms with Gasteiger partial charge in [-0.2, -0.15) is 0 Å². The summed E-state index contributed by atoms with van der Waals surface area (Å²) in [7, 11) is 9.95. The molecule has 0 aromatic carbocycles. The Labute approximate surface area is 83.7 Å². The van der Waals surface area contributed by atoms with Gasteiger partial charge in [0, 0.05) is 24.7 Å². The zero-order chi connectivity index (χ0) is 9.42. The van der Waals surface area contributed by atoms with Crippen molar-refractivity contribution in [3.63, 3.8) is 0 Å². The van der Waals surface area contributed by atoms with Gasteiger partial charge in [0.25, 0.3) is 0 Å². The van der Waals surface area contributed by atoms with E-state index in [1.54, 1.807) is 11.3 Å². The maximum Gasteiger partial charge on any atom is 0.184 e. The molecule has 1 unspecified atom stereocenters. The number of hydrogen-bond donors (Lipinski definition) is 0. The van der Waals surface area contributed by atoms with Gasteiger partial charge < -0.3 is 4.57 Å². The molecule has 2 rings (SSSR count). The molecule has 0 fully saturated rings. The van der Waals surface area contributed by atoms with E-state index in [4.69, 9.17) is 7.85 Å². The van der Waals surface area contributed by atoms with Gasteiger partial charge in [-0.15, -0.1) is 11.3 Å². The normalized spacial score (nSPS) is 23.2. The first-order valence-corrected chi connectivity index (χ1v) is 5.42. The molecule has 0 aliphatic heterocycles. The lowest BCUT2D eigenvalue weighted by Gasteiger charge is -2.18. The summed E-state index contributed by atoms with van der Waals surface area (Å²) < 4.78 is 2.18. The minimum Gasteiger partial charge on any atom is -0.324 e. The Morgan fingerprint density at radius 1 is 1.62 bits per heavy atom. The van der Waals surface area contributed by atoms with E-state index in [0.717, 1.165) is 17.6 Å². The molecule has 1 aliphatic carbocycles. The van der Waals surface area contributed by atoms with Crippen LogP contribution in [0.25, 0.3) is 0 Å². The van der Waals surface area contributed by atoms with Crippen molar-refractivity contribution in [3.8, 4) is 0 Å². The van der Waals surface area contributed by atoms with Gasteiger partial charge in [-0.1, -0.05) is 6.42 Å². The molecule has 0 N–H and O–H groups in total. The average Bonchev–Trinajstić information content (AvgIpc) is 2.45. The number of nitrogens with zero attached hydrogens (tertiary/aromatic N) is 2. The fourth-order valence-electron chi connectivity index (χ4n) is 1.90. The summed E-state index contributed by atoms with van der Waals surface area (Å²) in [5.74, 6) is 0.246. The molecule has 1 aliphatic rings. The van der Waals surface area contributed by atoms with Gasteiger partial charge in [0.2, 0.25) is 0 Å². The van der Waals surface area contributed by atoms with Crippen LogP contribution in [-0.4, -0.2) is 19.5 Å². The van der Waals surface area contributed by atoms with Crippen LogP contribution in [0.5, 0.6) is 0 Å². The lowest BCUT2D eigenvalue weighted by Crippen LogP contribution is -2.15. The highest BCUT2D eigenvalue weighted by atomic mass is 32.1. The third-order valence-electron chi connectivity index (χ3n) is 2.63. The molecule has 1 atom stereocenters. The van der Waals surface area contributed by atoms with E-state index in [-0.39, 0.29) is 5.82 Å². The maximum absolute atomic E-state index is 6.04. The summed E-state index contributed by atoms with van der Waals surface area (Å²) in [4.78, 5) is 6.66. The largest absolute Gasteiger partial charge is 0.324 e. The maximum atomic E-state index is 6.04. The van der Waals surface area contributed by atoms with Gasteiger partial charge in [-0.3, -0.25) is 4.99 Å². The van der Waals surface area contributed by atoms with Gasteiger partial charge in [-0.25, -0.2) is 0 Å². The van der Waals surface area contributed by atoms with E-state index in [1.807, 2.05) is 7.05 Å². The topological polar surface area (TPSA) is 17.3 Å². The predicted molar refractivity (Wildman–Crippen MR) is 56.2 cm³/mol. The van der Waals surface area contributed by atoms with Crippen LogP contribution in [0.3, 0.4) is 0 Å². The standard InChI is InChI=1S/C9H13BN2S/c1-11-9-12(2)7-5-3-4-6(10)8(7)13-9/h6H,3-5H2,1-2H3. The fraction of sp³-hybridized carbons (Fsp3) is 0.667. The predicted octanol–water partition coefficient (Wildman–Crippen LogP) is 1.16. The third-order valence-corrected chi connectivity index (χ3v) is 4.03. The van der Waals surface area contributed by atoms with Crippen molar-refractivity contribution >= 4 is 19.2 Å². The molecule has 0 saturated heterocycles. The van der Waals surface area contributed by atoms with Crippen molar-refractivity contribution in [1.29, 1.82) is 0 Å². The number of hydrogen-bond acceptors (Lipinski definition) is 2. The molecule has 68 valence electrons. The molecule has 0 amide bonds. The quantitative estimate of drug-likeness (QED) is 0.549. The molecular weight excluding hydrogens is 179 g/mol. The van der Waals surface area contributed by atoms with Crippen molar-refractivity contribution in [3.05, 3.63) is 15.4 Å². The average molecular weight is 192 g/mol. The van der Waals surface area contributed by atoms with Crippen LogP contribution in [0, 0.1) is 0 Å². The van der Waals surface area contributed by atoms with Crippen molar-refractivity contribution in [2.24, 2.45) is 12.0 Å². The van der Waals surface area contributed by atoms with Crippen molar-refractivity contribution < 1.29 is 0 Å². The van der Waals surface area contributed by atoms with Gasteiger partial charge >= 0.3 is 0 Å². The summed E-state index contributed by atoms with van der Waals surface area (Å²) in [5.41, 5.74) is 1.39. The lowest BCUT2D eigenvalue weighted by molar-refractivity contribution is 0.630. The molecule has 4 heteroatoms. The fourth-order valence-corrected chi connectivity index (χ4v) is 3.06. The van der Waals surface area contributed by atoms with Gasteiger partial charge in [0.1, 0.15) is 0 Å². The molecule has 1 heterocycles. The summed E-state index contributed by atoms with van der Waals surface area (Å²) in [5, 5.41) is 0. The molecule has 2 nitrogen and oxygen atoms in total. The second-order valence-electron chi connectivity index (χ2n) is 3.48. The summed E-state index contributed by atoms with van der Waals surface area (Å²) in [6, 6.07) is 0. The molecule has 0 spiro atoms. The first kappa shape index (κ1) is 9.07. The van der Waals surface area contributed by atoms with E-state index in [2.05, 4.69) is 16.6 Å². The Morgan fingerprint density at radius 2 is 2.38 bits per heavy atom. The van der Waals surface area contributed by atoms with Crippen molar-refractivity contribution in [2.75, 3.05) is 7.05 Å². The van der Waals surface area contributed by atoms with Crippen molar-refractivity contribution in [1.82, 2.24) is 4.57 Å². The van der Waals surface area contributed by atoms with Crippen molar-refractivity contribution in [2.45, 2.75) is 25.1 Å². The summed E-state index contributed by atoms with van der Waals surface area (Å²) in [6.07, 6.45) is 3.49. The van der Waals surface area contributed by atoms with Crippen LogP contribution in [0.1, 0.15) is 29.2 Å². The first-order valence-electron chi connectivity index (χ1n) is 4.61. The Morgan fingerprint density at radius 3 is 3.00 bits per heavy atom. The number of aromatic nitrogens is 1. The highest BCUT2D eigenvalue weighted by Crippen LogP contribution is 2.30. The van der Waals surface area contributed by atoms with E-state index in [1.165, 1.54) is 17.0 Å². The van der Waals surface area contributed by atoms with E-state index < -0.39 is 0 Å². The van der Waals surface area contributed by atoms with Crippen LogP contribution in [0.2, 0.25) is 0 Å². The van der Waals surface area contributed by atoms with Crippen LogP contribution >= 0.6 is 11.3 Å². The van der Waals surface area contributed by atoms with E-state index in [9.17, 15) is 0 Å². The van der Waals surface area contributed by atoms with Gasteiger partial charge in [0.05, 0.1) is 7.85 Å². The molecule has 1 aromatic rings. The SMILES string of the molecule is [B]C1CCCc2c1sc(=NC)n2C. The second kappa shape index (κ2) is 3.33. The smallest absolute Gasteiger partial charge is 0.184 e. The summed E-state index contributed by atoms with van der Waals surface area (Å²) >= 11 is 1.74. The second-order valence-corrected chi connectivity index (χ2v) is 4.49. The van der Waals surface area contributed by atoms with E-state index in [0.29, 0.717) is 0 Å². The zero-order valence-electron chi connectivity index (χ0n) is 8.08. The third kappa shape index (κ3) is 1.37. The lowest BCUT2D eigenvalue weighted by atomic mass is 9.77. The first-order chi connectivity index (χ1) is 6.24. The Kier molecular flexibility index (Phi) is 2.32. The highest BCUT2D eigenvalue weighted by Gasteiger charge is 2.20. The molecule has 0 saturated carbocycles. The molecule has 1 aromatic heterocycles. The Balaban J connectivity index is 2.61. The number of thiazole rings is 1. The Bertz CT molecular complexity index is 377. The minimum absolute atomic E-state index is 0.246. The monoisotopic (exact) mass is 192 g/mol. The summed E-state index contributed by atoms with van der Waals surface area (Å²) in [6.45, 7) is 0.